The molecule has 3 N–H and O–H groups in total. The van der Waals surface area contributed by atoms with E-state index in [0.29, 0.717) is 28.4 Å². The third kappa shape index (κ3) is 3.68. The molecule has 0 spiro atoms. The van der Waals surface area contributed by atoms with Crippen molar-refractivity contribution < 1.29 is 0 Å². The van der Waals surface area contributed by atoms with Crippen molar-refractivity contribution in [2.45, 2.75) is 32.7 Å². The lowest BCUT2D eigenvalue weighted by Gasteiger charge is -2.24. The zero-order valence-electron chi connectivity index (χ0n) is 18.4. The van der Waals surface area contributed by atoms with Crippen LogP contribution >= 0.6 is 0 Å². The molecule has 0 saturated heterocycles. The van der Waals surface area contributed by atoms with Crippen LogP contribution in [0.1, 0.15) is 36.1 Å². The van der Waals surface area contributed by atoms with Crippen LogP contribution in [-0.2, 0) is 0 Å². The zero-order valence-corrected chi connectivity index (χ0v) is 18.4. The summed E-state index contributed by atoms with van der Waals surface area (Å²) in [5, 5.41) is 4.01. The molecule has 2 aromatic heterocycles. The first-order valence-electron chi connectivity index (χ1n) is 10.8. The van der Waals surface area contributed by atoms with Crippen molar-refractivity contribution in [1.82, 2.24) is 19.5 Å². The van der Waals surface area contributed by atoms with Crippen LogP contribution in [0.15, 0.2) is 53.3 Å². The molecule has 0 bridgehead atoms. The molecule has 1 fully saturated rings. The Hall–Kier alpha value is -4.25. The van der Waals surface area contributed by atoms with Gasteiger partial charge in [-0.1, -0.05) is 30.3 Å². The summed E-state index contributed by atoms with van der Waals surface area (Å²) in [7, 11) is 0. The molecule has 164 valence electrons. The van der Waals surface area contributed by atoms with E-state index in [0.717, 1.165) is 24.1 Å². The van der Waals surface area contributed by atoms with Crippen LogP contribution in [0.2, 0.25) is 0 Å². The number of fused-ring (bicyclic) bond motifs is 1. The smallest absolute Gasteiger partial charge is 0.268 e. The SMILES string of the molecule is [C-]#[N+]c1c(N)nc(C)nc1N[C@H](c1nc2cccc(C)c2c(=O)n1-c1ccccc1)C1CC1. The number of nitrogens with one attached hydrogen (secondary N) is 1. The normalized spacial score (nSPS) is 14.1. The van der Waals surface area contributed by atoms with Gasteiger partial charge in [-0.25, -0.2) is 19.8 Å². The molecule has 1 aliphatic carbocycles. The average molecular weight is 438 g/mol. The number of hydrogen-bond acceptors (Lipinski definition) is 6. The van der Waals surface area contributed by atoms with E-state index in [2.05, 4.69) is 20.1 Å². The Labute approximate surface area is 191 Å². The van der Waals surface area contributed by atoms with E-state index in [4.69, 9.17) is 17.3 Å². The molecular formula is C25H23N7O. The summed E-state index contributed by atoms with van der Waals surface area (Å²) < 4.78 is 1.68. The van der Waals surface area contributed by atoms with Crippen molar-refractivity contribution in [1.29, 1.82) is 0 Å². The number of benzene rings is 2. The third-order valence-electron chi connectivity index (χ3n) is 5.94. The highest BCUT2D eigenvalue weighted by Gasteiger charge is 2.37. The number of nitrogens with zero attached hydrogens (tertiary/aromatic N) is 5. The van der Waals surface area contributed by atoms with Gasteiger partial charge >= 0.3 is 0 Å². The second-order valence-electron chi connectivity index (χ2n) is 8.34. The Kier molecular flexibility index (Phi) is 5.02. The summed E-state index contributed by atoms with van der Waals surface area (Å²) in [6, 6.07) is 14.9. The van der Waals surface area contributed by atoms with E-state index >= 15 is 0 Å². The molecule has 0 radical (unpaired) electrons. The van der Waals surface area contributed by atoms with Gasteiger partial charge in [-0.05, 0) is 56.4 Å². The number of hydrogen-bond donors (Lipinski definition) is 2. The first-order valence-corrected chi connectivity index (χ1v) is 10.8. The summed E-state index contributed by atoms with van der Waals surface area (Å²) in [6.45, 7) is 11.2. The molecule has 8 nitrogen and oxygen atoms in total. The number of aryl methyl sites for hydroxylation is 2. The fourth-order valence-corrected chi connectivity index (χ4v) is 4.22. The van der Waals surface area contributed by atoms with Gasteiger partial charge in [-0.2, -0.15) is 0 Å². The van der Waals surface area contributed by atoms with E-state index in [1.54, 1.807) is 11.5 Å². The van der Waals surface area contributed by atoms with Crippen LogP contribution in [0.4, 0.5) is 17.3 Å². The maximum atomic E-state index is 13.8. The number of nitrogens with two attached hydrogens (primary N) is 1. The second kappa shape index (κ2) is 8.02. The molecule has 0 unspecified atom stereocenters. The predicted octanol–water partition coefficient (Wildman–Crippen LogP) is 4.49. The van der Waals surface area contributed by atoms with E-state index in [9.17, 15) is 4.79 Å². The molecule has 0 amide bonds. The number of nitrogen functional groups attached to an aromatic ring is 1. The third-order valence-corrected chi connectivity index (χ3v) is 5.94. The number of aromatic nitrogens is 4. The van der Waals surface area contributed by atoms with Crippen LogP contribution in [0.25, 0.3) is 21.4 Å². The number of rotatable bonds is 5. The molecule has 5 rings (SSSR count). The maximum absolute atomic E-state index is 13.8. The van der Waals surface area contributed by atoms with E-state index in [-0.39, 0.29) is 29.0 Å². The minimum absolute atomic E-state index is 0.115. The molecule has 0 aliphatic heterocycles. The summed E-state index contributed by atoms with van der Waals surface area (Å²) in [5.41, 5.74) is 8.34. The highest BCUT2D eigenvalue weighted by Crippen LogP contribution is 2.44. The first-order chi connectivity index (χ1) is 16.0. The number of para-hydroxylation sites is 1. The molecular weight excluding hydrogens is 414 g/mol. The topological polar surface area (TPSA) is 103 Å². The highest BCUT2D eigenvalue weighted by atomic mass is 16.1. The summed E-state index contributed by atoms with van der Waals surface area (Å²) in [6.07, 6.45) is 1.97. The maximum Gasteiger partial charge on any atom is 0.268 e. The first kappa shape index (κ1) is 20.6. The predicted molar refractivity (Wildman–Crippen MR) is 129 cm³/mol. The molecule has 33 heavy (non-hydrogen) atoms. The van der Waals surface area contributed by atoms with Gasteiger partial charge in [-0.3, -0.25) is 9.36 Å². The Bertz CT molecular complexity index is 1470. The van der Waals surface area contributed by atoms with E-state index in [1.165, 1.54) is 0 Å². The van der Waals surface area contributed by atoms with E-state index in [1.807, 2.05) is 55.5 Å². The molecule has 2 aromatic carbocycles. The van der Waals surface area contributed by atoms with Crippen molar-refractivity contribution in [2.75, 3.05) is 11.1 Å². The van der Waals surface area contributed by atoms with Crippen LogP contribution in [0.5, 0.6) is 0 Å². The molecule has 1 saturated carbocycles. The molecule has 2 heterocycles. The van der Waals surface area contributed by atoms with Crippen molar-refractivity contribution in [2.24, 2.45) is 5.92 Å². The molecule has 4 aromatic rings. The number of anilines is 2. The lowest BCUT2D eigenvalue weighted by atomic mass is 10.1. The second-order valence-corrected chi connectivity index (χ2v) is 8.34. The Morgan fingerprint density at radius 3 is 2.55 bits per heavy atom. The van der Waals surface area contributed by atoms with Gasteiger partial charge in [0, 0.05) is 0 Å². The van der Waals surface area contributed by atoms with Crippen LogP contribution < -0.4 is 16.6 Å². The molecule has 1 atom stereocenters. The lowest BCUT2D eigenvalue weighted by molar-refractivity contribution is 0.609. The van der Waals surface area contributed by atoms with Crippen molar-refractivity contribution >= 4 is 28.2 Å². The van der Waals surface area contributed by atoms with Gasteiger partial charge in [0.25, 0.3) is 11.2 Å². The average Bonchev–Trinajstić information content (AvgIpc) is 3.63. The highest BCUT2D eigenvalue weighted by molar-refractivity contribution is 5.82. The van der Waals surface area contributed by atoms with Gasteiger partial charge in [0.15, 0.2) is 0 Å². The van der Waals surface area contributed by atoms with Gasteiger partial charge in [-0.15, -0.1) is 0 Å². The van der Waals surface area contributed by atoms with E-state index < -0.39 is 0 Å². The minimum Gasteiger partial charge on any atom is -0.392 e. The van der Waals surface area contributed by atoms with Gasteiger partial charge in [0.2, 0.25) is 0 Å². The summed E-state index contributed by atoms with van der Waals surface area (Å²) >= 11 is 0. The van der Waals surface area contributed by atoms with Crippen LogP contribution in [0.3, 0.4) is 0 Å². The van der Waals surface area contributed by atoms with Crippen LogP contribution in [0, 0.1) is 26.3 Å². The Balaban J connectivity index is 1.76. The Morgan fingerprint density at radius 1 is 1.09 bits per heavy atom. The zero-order chi connectivity index (χ0) is 23.1. The van der Waals surface area contributed by atoms with Crippen LogP contribution in [-0.4, -0.2) is 19.5 Å². The van der Waals surface area contributed by atoms with Gasteiger partial charge < -0.3 is 11.1 Å². The summed E-state index contributed by atoms with van der Waals surface area (Å²) in [5.74, 6) is 1.82. The van der Waals surface area contributed by atoms with Crippen molar-refractivity contribution in [3.05, 3.63) is 87.5 Å². The van der Waals surface area contributed by atoms with Crippen molar-refractivity contribution in [3.8, 4) is 5.69 Å². The van der Waals surface area contributed by atoms with Gasteiger partial charge in [0.1, 0.15) is 23.3 Å². The minimum atomic E-state index is -0.322. The fourth-order valence-electron chi connectivity index (χ4n) is 4.22. The quantitative estimate of drug-likeness (QED) is 0.446. The van der Waals surface area contributed by atoms with Gasteiger partial charge in [0.05, 0.1) is 29.2 Å². The lowest BCUT2D eigenvalue weighted by Crippen LogP contribution is -2.29. The molecule has 1 aliphatic rings. The largest absolute Gasteiger partial charge is 0.392 e. The summed E-state index contributed by atoms with van der Waals surface area (Å²) in [4.78, 5) is 30.9. The Morgan fingerprint density at radius 2 is 1.85 bits per heavy atom. The molecule has 8 heteroatoms. The standard InChI is InChI=1S/C25H23N7O/c1-14-8-7-11-18-19(14)25(33)32(17-9-5-4-6-10-17)24(30-18)20(16-12-13-16)31-23-21(27-3)22(26)28-15(2)29-23/h4-11,16,20H,12-13H2,1-2H3,(H3,26,28,29,31)/t20-/m0/s1. The fraction of sp³-hybridized carbons (Fsp3) is 0.240. The van der Waals surface area contributed by atoms with Crippen molar-refractivity contribution in [3.63, 3.8) is 0 Å². The monoisotopic (exact) mass is 437 g/mol.